The average molecular weight is 641 g/mol. The average Bonchev–Trinajstić information content (AvgIpc) is 3.29. The van der Waals surface area contributed by atoms with Gasteiger partial charge in [-0.1, -0.05) is 54.4 Å². The van der Waals surface area contributed by atoms with Crippen LogP contribution in [0.3, 0.4) is 0 Å². The van der Waals surface area contributed by atoms with E-state index in [4.69, 9.17) is 13.8 Å². The zero-order chi connectivity index (χ0) is 32.5. The minimum atomic E-state index is -4.29. The molecule has 4 aliphatic rings. The lowest BCUT2D eigenvalue weighted by molar-refractivity contribution is -0.870. The minimum Gasteiger partial charge on any atom is -0.461 e. The highest BCUT2D eigenvalue weighted by atomic mass is 31.2. The molecule has 0 saturated heterocycles. The molecule has 0 aliphatic heterocycles. The first-order chi connectivity index (χ1) is 20.5. The third-order valence-electron chi connectivity index (χ3n) is 13.5. The number of phosphoric acid groups is 1. The van der Waals surface area contributed by atoms with Crippen molar-refractivity contribution in [1.29, 1.82) is 0 Å². The van der Waals surface area contributed by atoms with Gasteiger partial charge in [0.25, 0.3) is 0 Å². The molecule has 0 aromatic carbocycles. The monoisotopic (exact) mass is 640 g/mol. The molecule has 44 heavy (non-hydrogen) atoms. The number of carbonyl (C=O) groups excluding carboxylic acids is 1. The van der Waals surface area contributed by atoms with Crippen LogP contribution in [0.1, 0.15) is 119 Å². The summed E-state index contributed by atoms with van der Waals surface area (Å²) in [5.41, 5.74) is 0.816. The van der Waals surface area contributed by atoms with Gasteiger partial charge < -0.3 is 14.1 Å². The zero-order valence-corrected chi connectivity index (χ0v) is 30.6. The quantitative estimate of drug-likeness (QED) is 0.117. The Hall–Kier alpha value is -0.460. The third kappa shape index (κ3) is 8.33. The molecule has 8 heteroatoms. The molecule has 4 fully saturated rings. The van der Waals surface area contributed by atoms with Crippen molar-refractivity contribution in [3.8, 4) is 0 Å². The van der Waals surface area contributed by atoms with Crippen molar-refractivity contribution >= 4 is 13.8 Å². The van der Waals surface area contributed by atoms with Gasteiger partial charge in [-0.05, 0) is 122 Å². The lowest BCUT2D eigenvalue weighted by atomic mass is 9.44. The van der Waals surface area contributed by atoms with Crippen molar-refractivity contribution in [3.05, 3.63) is 0 Å². The van der Waals surface area contributed by atoms with E-state index in [1.807, 2.05) is 21.1 Å². The number of hydrogen-bond acceptors (Lipinski definition) is 5. The molecular formula is C36H67NO6P+. The molecule has 4 rings (SSSR count). The van der Waals surface area contributed by atoms with E-state index in [9.17, 15) is 14.3 Å². The van der Waals surface area contributed by atoms with Crippen molar-refractivity contribution in [1.82, 2.24) is 0 Å². The predicted octanol–water partition coefficient (Wildman–Crippen LogP) is 8.50. The van der Waals surface area contributed by atoms with Crippen LogP contribution in [-0.4, -0.2) is 62.4 Å². The van der Waals surface area contributed by atoms with E-state index >= 15 is 0 Å². The summed E-state index contributed by atoms with van der Waals surface area (Å²) in [6.07, 6.45) is 14.9. The molecule has 0 heterocycles. The number of esters is 1. The lowest BCUT2D eigenvalue weighted by Gasteiger charge is -2.61. The molecule has 5 unspecified atom stereocenters. The second-order valence-corrected chi connectivity index (χ2v) is 18.8. The number of fused-ring (bicyclic) bond motifs is 5. The maximum atomic E-state index is 12.6. The Balaban J connectivity index is 1.28. The van der Waals surface area contributed by atoms with Crippen LogP contribution in [0.5, 0.6) is 0 Å². The van der Waals surface area contributed by atoms with E-state index < -0.39 is 20.4 Å². The maximum Gasteiger partial charge on any atom is 0.472 e. The Morgan fingerprint density at radius 3 is 2.27 bits per heavy atom. The van der Waals surface area contributed by atoms with Gasteiger partial charge in [-0.2, -0.15) is 0 Å². The van der Waals surface area contributed by atoms with Gasteiger partial charge >= 0.3 is 13.8 Å². The molecule has 0 bridgehead atoms. The van der Waals surface area contributed by atoms with Crippen LogP contribution in [0.2, 0.25) is 0 Å². The van der Waals surface area contributed by atoms with Crippen molar-refractivity contribution in [2.24, 2.45) is 58.2 Å². The van der Waals surface area contributed by atoms with Crippen molar-refractivity contribution in [2.75, 3.05) is 40.9 Å². The number of phosphoric ester groups is 1. The number of nitrogens with zero attached hydrogens (tertiary/aromatic N) is 1. The van der Waals surface area contributed by atoms with Crippen LogP contribution in [0.4, 0.5) is 0 Å². The molecule has 256 valence electrons. The second-order valence-electron chi connectivity index (χ2n) is 17.3. The van der Waals surface area contributed by atoms with Crippen LogP contribution in [-0.2, 0) is 23.1 Å². The summed E-state index contributed by atoms with van der Waals surface area (Å²) in [6, 6.07) is 0. The van der Waals surface area contributed by atoms with Gasteiger partial charge in [0.15, 0.2) is 6.61 Å². The smallest absolute Gasteiger partial charge is 0.461 e. The molecule has 4 aliphatic carbocycles. The van der Waals surface area contributed by atoms with E-state index in [0.717, 1.165) is 60.7 Å². The summed E-state index contributed by atoms with van der Waals surface area (Å²) < 4.78 is 28.6. The number of hydrogen-bond donors (Lipinski definition) is 1. The second kappa shape index (κ2) is 14.3. The predicted molar refractivity (Wildman–Crippen MR) is 177 cm³/mol. The maximum absolute atomic E-state index is 12.6. The fourth-order valence-corrected chi connectivity index (χ4v) is 11.5. The van der Waals surface area contributed by atoms with Crippen LogP contribution >= 0.6 is 7.82 Å². The minimum absolute atomic E-state index is 0.0781. The standard InChI is InChI=1S/C36H66NO6P/c1-10-27(25(2)3)12-11-26(4)31-15-16-32-30-14-13-28-23-29(17-19-35(28,5)33(30)18-20-36(31,32)6)43-34(38)24-42-44(39,40)41-22-21-37(7,8)9/h25-33H,10-24H2,1-9H3/p+1/t26-,27-,28?,29+,30?,31-,32?,33?,35+,36-/m1/s1. The zero-order valence-electron chi connectivity index (χ0n) is 29.7. The van der Waals surface area contributed by atoms with Gasteiger partial charge in [-0.25, -0.2) is 9.36 Å². The number of likely N-dealkylation sites (N-methyl/N-ethyl adjacent to an activating group) is 1. The van der Waals surface area contributed by atoms with Gasteiger partial charge in [0.1, 0.15) is 19.3 Å². The van der Waals surface area contributed by atoms with E-state index in [-0.39, 0.29) is 12.7 Å². The molecule has 0 aromatic heterocycles. The van der Waals surface area contributed by atoms with Gasteiger partial charge in [0.05, 0.1) is 21.1 Å². The highest BCUT2D eigenvalue weighted by molar-refractivity contribution is 7.47. The molecule has 11 atom stereocenters. The number of quaternary nitrogens is 1. The molecule has 4 saturated carbocycles. The van der Waals surface area contributed by atoms with Crippen LogP contribution in [0.15, 0.2) is 0 Å². The van der Waals surface area contributed by atoms with Crippen molar-refractivity contribution in [2.45, 2.75) is 125 Å². The molecule has 1 N–H and O–H groups in total. The lowest BCUT2D eigenvalue weighted by Crippen LogP contribution is -2.54. The van der Waals surface area contributed by atoms with E-state index in [1.54, 1.807) is 0 Å². The Kier molecular flexibility index (Phi) is 11.9. The molecule has 0 spiro atoms. The molecule has 0 radical (unpaired) electrons. The summed E-state index contributed by atoms with van der Waals surface area (Å²) in [5, 5.41) is 0. The molecule has 7 nitrogen and oxygen atoms in total. The summed E-state index contributed by atoms with van der Waals surface area (Å²) in [4.78, 5) is 22.6. The number of ether oxygens (including phenoxy) is 1. The highest BCUT2D eigenvalue weighted by Crippen LogP contribution is 2.68. The van der Waals surface area contributed by atoms with E-state index in [2.05, 4.69) is 41.5 Å². The van der Waals surface area contributed by atoms with Crippen molar-refractivity contribution in [3.63, 3.8) is 0 Å². The van der Waals surface area contributed by atoms with Crippen LogP contribution < -0.4 is 0 Å². The molecule has 0 amide bonds. The summed E-state index contributed by atoms with van der Waals surface area (Å²) in [5.74, 6) is 5.84. The Bertz CT molecular complexity index is 1010. The fraction of sp³-hybridized carbons (Fsp3) is 0.972. The topological polar surface area (TPSA) is 82.1 Å². The highest BCUT2D eigenvalue weighted by Gasteiger charge is 2.60. The summed E-state index contributed by atoms with van der Waals surface area (Å²) >= 11 is 0. The number of carbonyl (C=O) groups is 1. The summed E-state index contributed by atoms with van der Waals surface area (Å²) in [7, 11) is 1.63. The van der Waals surface area contributed by atoms with Gasteiger partial charge in [-0.15, -0.1) is 0 Å². The Morgan fingerprint density at radius 2 is 1.61 bits per heavy atom. The van der Waals surface area contributed by atoms with Crippen molar-refractivity contribution < 1.29 is 32.5 Å². The Labute approximate surface area is 269 Å². The number of rotatable bonds is 14. The van der Waals surface area contributed by atoms with Crippen LogP contribution in [0.25, 0.3) is 0 Å². The summed E-state index contributed by atoms with van der Waals surface area (Å²) in [6.45, 7) is 15.0. The first kappa shape index (κ1) is 36.4. The van der Waals surface area contributed by atoms with Gasteiger partial charge in [-0.3, -0.25) is 9.05 Å². The molecule has 0 aromatic rings. The normalized spacial score (nSPS) is 38.2. The van der Waals surface area contributed by atoms with Gasteiger partial charge in [0, 0.05) is 0 Å². The van der Waals surface area contributed by atoms with E-state index in [1.165, 1.54) is 57.8 Å². The molecular weight excluding hydrogens is 573 g/mol. The third-order valence-corrected chi connectivity index (χ3v) is 14.5. The van der Waals surface area contributed by atoms with E-state index in [0.29, 0.717) is 27.8 Å². The van der Waals surface area contributed by atoms with Crippen LogP contribution in [0, 0.1) is 58.2 Å². The first-order valence-corrected chi connectivity index (χ1v) is 19.6. The fourth-order valence-electron chi connectivity index (χ4n) is 10.8. The largest absolute Gasteiger partial charge is 0.472 e. The Morgan fingerprint density at radius 1 is 0.932 bits per heavy atom. The first-order valence-electron chi connectivity index (χ1n) is 18.1. The van der Waals surface area contributed by atoms with Gasteiger partial charge in [0.2, 0.25) is 0 Å². The SMILES string of the molecule is CC[C@H](CC[C@@H](C)[C@H]1CCC2C3CCC4C[C@@H](OC(=O)COP(=O)(O)OCC[N+](C)(C)C)CC[C@]4(C)C3CC[C@@]21C)C(C)C.